The van der Waals surface area contributed by atoms with Gasteiger partial charge in [0.15, 0.2) is 0 Å². The Kier molecular flexibility index (Phi) is 12.7. The van der Waals surface area contributed by atoms with Crippen molar-refractivity contribution >= 4 is 59.1 Å². The molecule has 0 saturated heterocycles. The molecule has 1 nitrogen and oxygen atoms in total. The fraction of sp³-hybridized carbons (Fsp3) is 0.400. The number of hydrogen-bond donors (Lipinski definition) is 1. The Balaban J connectivity index is 0.00000242. The van der Waals surface area contributed by atoms with Crippen LogP contribution in [0.15, 0.2) is 42.5 Å². The maximum Gasteiger partial charge on any atom is 0.123 e. The van der Waals surface area contributed by atoms with Gasteiger partial charge in [-0.2, -0.15) is 0 Å². The monoisotopic (exact) mass is 328 g/mol. The molecule has 0 amide bonds. The second kappa shape index (κ2) is 12.6. The predicted octanol–water partition coefficient (Wildman–Crippen LogP) is 4.98. The number of hydrogen-bond acceptors (Lipinski definition) is 1. The van der Waals surface area contributed by atoms with Gasteiger partial charge in [0, 0.05) is 64.7 Å². The van der Waals surface area contributed by atoms with Gasteiger partial charge in [0.25, 0.3) is 0 Å². The zero-order valence-corrected chi connectivity index (χ0v) is 19.2. The molecular weight excluding hydrogens is 302 g/mol. The molecule has 2 aromatic rings. The largest absolute Gasteiger partial charge is 0.507 e. The van der Waals surface area contributed by atoms with E-state index in [0.717, 1.165) is 24.0 Å². The van der Waals surface area contributed by atoms with Gasteiger partial charge in [-0.3, -0.25) is 0 Å². The Morgan fingerprint density at radius 1 is 0.783 bits per heavy atom. The van der Waals surface area contributed by atoms with Crippen LogP contribution in [-0.2, 0) is 12.8 Å². The molecule has 1 N–H and O–H groups in total. The molecule has 0 spiro atoms. The summed E-state index contributed by atoms with van der Waals surface area (Å²) in [6.45, 7) is 4.45. The van der Waals surface area contributed by atoms with Crippen LogP contribution in [0.2, 0.25) is 0 Å². The first kappa shape index (κ1) is 23.2. The number of phenolic OH excluding ortho intramolecular Hbond substituents is 1. The molecule has 0 unspecified atom stereocenters. The zero-order chi connectivity index (χ0) is 15.1. The second-order valence-electron chi connectivity index (χ2n) is 5.67. The van der Waals surface area contributed by atoms with Gasteiger partial charge in [-0.15, -0.1) is 0 Å². The molecule has 2 aromatic carbocycles. The summed E-state index contributed by atoms with van der Waals surface area (Å²) in [6.07, 6.45) is 6.91. The van der Waals surface area contributed by atoms with Crippen LogP contribution < -0.4 is 0 Å². The summed E-state index contributed by atoms with van der Waals surface area (Å²) in [5.74, 6) is 0.410. The van der Waals surface area contributed by atoms with Crippen LogP contribution in [0.4, 0.5) is 0 Å². The fourth-order valence-electron chi connectivity index (χ4n) is 2.85. The van der Waals surface area contributed by atoms with E-state index in [1.165, 1.54) is 36.8 Å². The van der Waals surface area contributed by atoms with Gasteiger partial charge in [-0.1, -0.05) is 63.1 Å². The smallest absolute Gasteiger partial charge is 0.123 e. The van der Waals surface area contributed by atoms with Crippen molar-refractivity contribution in [2.45, 2.75) is 52.4 Å². The second-order valence-corrected chi connectivity index (χ2v) is 5.67. The summed E-state index contributed by atoms with van der Waals surface area (Å²) in [7, 11) is 0. The van der Waals surface area contributed by atoms with Crippen LogP contribution in [0.25, 0.3) is 11.1 Å². The molecule has 0 atom stereocenters. The minimum absolute atomic E-state index is 0. The van der Waals surface area contributed by atoms with E-state index in [0.29, 0.717) is 5.75 Å². The molecule has 3 heteroatoms. The topological polar surface area (TPSA) is 20.2 Å². The van der Waals surface area contributed by atoms with E-state index in [-0.39, 0.29) is 59.1 Å². The molecule has 0 aliphatic carbocycles. The third kappa shape index (κ3) is 6.57. The van der Waals surface area contributed by atoms with Gasteiger partial charge >= 0.3 is 0 Å². The third-order valence-corrected chi connectivity index (χ3v) is 4.03. The van der Waals surface area contributed by atoms with Crippen molar-refractivity contribution in [3.8, 4) is 16.9 Å². The molecule has 23 heavy (non-hydrogen) atoms. The number of benzene rings is 2. The van der Waals surface area contributed by atoms with Crippen LogP contribution in [0, 0.1) is 0 Å². The molecular formula is C20H26Na2O. The maximum absolute atomic E-state index is 10.4. The summed E-state index contributed by atoms with van der Waals surface area (Å²) < 4.78 is 0. The molecule has 0 aliphatic heterocycles. The van der Waals surface area contributed by atoms with Gasteiger partial charge < -0.3 is 5.11 Å². The standard InChI is InChI=1S/C20H26O.2Na/c1-3-5-10-16-14-15-19(21)20(18(16)13-6-4-2)17-11-8-7-9-12-17;;/h7-9,11-12,14-15,21H,3-6,10,13H2,1-2H3;;. The van der Waals surface area contributed by atoms with Crippen molar-refractivity contribution in [3.63, 3.8) is 0 Å². The number of rotatable bonds is 7. The average molecular weight is 328 g/mol. The summed E-state index contributed by atoms with van der Waals surface area (Å²) in [6, 6.07) is 14.3. The first-order chi connectivity index (χ1) is 10.3. The van der Waals surface area contributed by atoms with Gasteiger partial charge in [-0.25, -0.2) is 0 Å². The molecule has 0 bridgehead atoms. The van der Waals surface area contributed by atoms with E-state index in [1.807, 2.05) is 24.3 Å². The first-order valence-electron chi connectivity index (χ1n) is 8.17. The van der Waals surface area contributed by atoms with Gasteiger partial charge in [0.05, 0.1) is 0 Å². The van der Waals surface area contributed by atoms with Crippen molar-refractivity contribution in [1.82, 2.24) is 0 Å². The third-order valence-electron chi connectivity index (χ3n) is 4.03. The summed E-state index contributed by atoms with van der Waals surface area (Å²) in [5.41, 5.74) is 4.91. The van der Waals surface area contributed by atoms with Gasteiger partial charge in [-0.05, 0) is 48.4 Å². The minimum Gasteiger partial charge on any atom is -0.507 e. The Bertz CT molecular complexity index is 567. The van der Waals surface area contributed by atoms with Crippen LogP contribution in [0.3, 0.4) is 0 Å². The number of aromatic hydroxyl groups is 1. The summed E-state index contributed by atoms with van der Waals surface area (Å²) >= 11 is 0. The number of unbranched alkanes of at least 4 members (excludes halogenated alkanes) is 2. The van der Waals surface area contributed by atoms with E-state index in [2.05, 4.69) is 32.0 Å². The normalized spacial score (nSPS) is 9.83. The minimum atomic E-state index is 0. The van der Waals surface area contributed by atoms with Crippen molar-refractivity contribution in [3.05, 3.63) is 53.6 Å². The van der Waals surface area contributed by atoms with Crippen molar-refractivity contribution in [1.29, 1.82) is 0 Å². The van der Waals surface area contributed by atoms with Crippen LogP contribution in [-0.4, -0.2) is 64.2 Å². The summed E-state index contributed by atoms with van der Waals surface area (Å²) in [5, 5.41) is 10.4. The quantitative estimate of drug-likeness (QED) is 0.711. The van der Waals surface area contributed by atoms with Crippen molar-refractivity contribution in [2.75, 3.05) is 0 Å². The molecule has 0 aliphatic rings. The van der Waals surface area contributed by atoms with Crippen molar-refractivity contribution < 1.29 is 5.11 Å². The predicted molar refractivity (Wildman–Crippen MR) is 102 cm³/mol. The first-order valence-corrected chi connectivity index (χ1v) is 8.17. The Morgan fingerprint density at radius 3 is 2.00 bits per heavy atom. The van der Waals surface area contributed by atoms with E-state index >= 15 is 0 Å². The zero-order valence-electron chi connectivity index (χ0n) is 15.2. The molecule has 0 saturated carbocycles. The van der Waals surface area contributed by atoms with Crippen LogP contribution >= 0.6 is 0 Å². The molecule has 0 aromatic heterocycles. The Morgan fingerprint density at radius 2 is 1.39 bits per heavy atom. The van der Waals surface area contributed by atoms with Gasteiger partial charge in [0.1, 0.15) is 5.75 Å². The van der Waals surface area contributed by atoms with Crippen LogP contribution in [0.5, 0.6) is 5.75 Å². The fourth-order valence-corrected chi connectivity index (χ4v) is 2.85. The van der Waals surface area contributed by atoms with Crippen molar-refractivity contribution in [2.24, 2.45) is 0 Å². The molecule has 0 fully saturated rings. The average Bonchev–Trinajstić information content (AvgIpc) is 2.52. The maximum atomic E-state index is 10.4. The Hall–Kier alpha value is 0.240. The Labute approximate surface area is 185 Å². The van der Waals surface area contributed by atoms with Gasteiger partial charge in [0.2, 0.25) is 0 Å². The number of aryl methyl sites for hydroxylation is 1. The van der Waals surface area contributed by atoms with E-state index < -0.39 is 0 Å². The molecule has 2 radical (unpaired) electrons. The van der Waals surface area contributed by atoms with Crippen LogP contribution in [0.1, 0.15) is 50.7 Å². The molecule has 114 valence electrons. The van der Waals surface area contributed by atoms with E-state index in [4.69, 9.17) is 0 Å². The van der Waals surface area contributed by atoms with E-state index in [9.17, 15) is 5.11 Å². The SMILES string of the molecule is CCCCc1ccc(O)c(-c2ccccc2)c1CCCC.[Na].[Na]. The summed E-state index contributed by atoms with van der Waals surface area (Å²) in [4.78, 5) is 0. The van der Waals surface area contributed by atoms with E-state index in [1.54, 1.807) is 0 Å². The molecule has 0 heterocycles. The number of phenols is 1. The molecule has 2 rings (SSSR count).